The summed E-state index contributed by atoms with van der Waals surface area (Å²) < 4.78 is 0. The minimum atomic E-state index is 0.127. The normalized spacial score (nSPS) is 20.1. The molecule has 1 saturated heterocycles. The van der Waals surface area contributed by atoms with Gasteiger partial charge in [-0.15, -0.1) is 0 Å². The van der Waals surface area contributed by atoms with Crippen molar-refractivity contribution in [2.75, 3.05) is 18.9 Å². The van der Waals surface area contributed by atoms with Crippen LogP contribution in [0, 0.1) is 13.8 Å². The molecule has 1 aliphatic rings. The van der Waals surface area contributed by atoms with Gasteiger partial charge in [0.1, 0.15) is 0 Å². The minimum absolute atomic E-state index is 0.127. The van der Waals surface area contributed by atoms with E-state index < -0.39 is 0 Å². The molecule has 0 radical (unpaired) electrons. The number of likely N-dealkylation sites (tertiary alicyclic amines) is 1. The molecule has 0 saturated carbocycles. The molecule has 3 heteroatoms. The molecule has 0 aliphatic carbocycles. The van der Waals surface area contributed by atoms with Crippen LogP contribution in [0.25, 0.3) is 0 Å². The second kappa shape index (κ2) is 5.53. The zero-order chi connectivity index (χ0) is 13.1. The van der Waals surface area contributed by atoms with Crippen LogP contribution in [0.1, 0.15) is 30.4 Å². The molecule has 1 unspecified atom stereocenters. The fraction of sp³-hybridized carbons (Fsp3) is 0.533. The van der Waals surface area contributed by atoms with Gasteiger partial charge in [0.2, 0.25) is 5.91 Å². The van der Waals surface area contributed by atoms with E-state index >= 15 is 0 Å². The van der Waals surface area contributed by atoms with Gasteiger partial charge in [-0.3, -0.25) is 4.79 Å². The lowest BCUT2D eigenvalue weighted by Crippen LogP contribution is -2.29. The van der Waals surface area contributed by atoms with Crippen molar-refractivity contribution < 1.29 is 4.79 Å². The van der Waals surface area contributed by atoms with E-state index in [1.54, 1.807) is 0 Å². The average molecular weight is 246 g/mol. The van der Waals surface area contributed by atoms with Gasteiger partial charge in [0.15, 0.2) is 0 Å². The summed E-state index contributed by atoms with van der Waals surface area (Å²) in [6, 6.07) is 6.43. The molecule has 3 nitrogen and oxygen atoms in total. The van der Waals surface area contributed by atoms with E-state index in [1.807, 2.05) is 19.1 Å². The molecule has 1 atom stereocenters. The van der Waals surface area contributed by atoms with E-state index in [9.17, 15) is 4.79 Å². The summed E-state index contributed by atoms with van der Waals surface area (Å²) >= 11 is 0. The third kappa shape index (κ3) is 2.91. The number of carbonyl (C=O) groups is 1. The van der Waals surface area contributed by atoms with E-state index in [0.29, 0.717) is 12.5 Å². The maximum absolute atomic E-state index is 12.0. The smallest absolute Gasteiger partial charge is 0.225 e. The second-order valence-electron chi connectivity index (χ2n) is 5.28. The highest BCUT2D eigenvalue weighted by Crippen LogP contribution is 2.21. The number of nitrogens with zero attached hydrogens (tertiary/aromatic N) is 1. The van der Waals surface area contributed by atoms with Crippen molar-refractivity contribution in [3.8, 4) is 0 Å². The number of benzene rings is 1. The van der Waals surface area contributed by atoms with Crippen molar-refractivity contribution in [2.24, 2.45) is 0 Å². The lowest BCUT2D eigenvalue weighted by Gasteiger charge is -2.19. The molecule has 1 N–H and O–H groups in total. The number of hydrogen-bond donors (Lipinski definition) is 1. The average Bonchev–Trinajstić information content (AvgIpc) is 2.71. The summed E-state index contributed by atoms with van der Waals surface area (Å²) in [6.07, 6.45) is 2.94. The van der Waals surface area contributed by atoms with E-state index in [4.69, 9.17) is 0 Å². The summed E-state index contributed by atoms with van der Waals surface area (Å²) in [5.74, 6) is 0.127. The van der Waals surface area contributed by atoms with Crippen LogP contribution in [-0.4, -0.2) is 30.4 Å². The maximum Gasteiger partial charge on any atom is 0.225 e. The molecule has 2 rings (SSSR count). The topological polar surface area (TPSA) is 32.3 Å². The molecular weight excluding hydrogens is 224 g/mol. The Morgan fingerprint density at radius 3 is 2.89 bits per heavy atom. The SMILES string of the molecule is Cc1cccc(NC(=O)CC2CCCN2C)c1C. The molecule has 18 heavy (non-hydrogen) atoms. The molecule has 1 heterocycles. The Kier molecular flexibility index (Phi) is 4.02. The van der Waals surface area contributed by atoms with E-state index in [-0.39, 0.29) is 5.91 Å². The molecule has 1 aliphatic heterocycles. The fourth-order valence-electron chi connectivity index (χ4n) is 2.54. The predicted octanol–water partition coefficient (Wildman–Crippen LogP) is 2.73. The van der Waals surface area contributed by atoms with Crippen molar-refractivity contribution in [2.45, 2.75) is 39.2 Å². The fourth-order valence-corrected chi connectivity index (χ4v) is 2.54. The standard InChI is InChI=1S/C15H22N2O/c1-11-6-4-8-14(12(11)2)16-15(18)10-13-7-5-9-17(13)3/h4,6,8,13H,5,7,9-10H2,1-3H3,(H,16,18). The van der Waals surface area contributed by atoms with Crippen LogP contribution in [0.3, 0.4) is 0 Å². The molecule has 1 aromatic rings. The molecular formula is C15H22N2O. The largest absolute Gasteiger partial charge is 0.326 e. The van der Waals surface area contributed by atoms with Crippen molar-refractivity contribution >= 4 is 11.6 Å². The quantitative estimate of drug-likeness (QED) is 0.889. The summed E-state index contributed by atoms with van der Waals surface area (Å²) in [4.78, 5) is 14.3. The summed E-state index contributed by atoms with van der Waals surface area (Å²) in [7, 11) is 2.10. The van der Waals surface area contributed by atoms with Gasteiger partial charge in [0, 0.05) is 18.2 Å². The Balaban J connectivity index is 1.97. The molecule has 0 aromatic heterocycles. The first-order chi connectivity index (χ1) is 8.58. The molecule has 98 valence electrons. The molecule has 1 amide bonds. The predicted molar refractivity (Wildman–Crippen MR) is 74.8 cm³/mol. The van der Waals surface area contributed by atoms with E-state index in [2.05, 4.69) is 30.3 Å². The third-order valence-corrected chi connectivity index (χ3v) is 3.97. The van der Waals surface area contributed by atoms with Crippen molar-refractivity contribution in [1.82, 2.24) is 4.90 Å². The van der Waals surface area contributed by atoms with Crippen LogP contribution in [0.4, 0.5) is 5.69 Å². The Hall–Kier alpha value is -1.35. The van der Waals surface area contributed by atoms with Gasteiger partial charge in [-0.2, -0.15) is 0 Å². The zero-order valence-corrected chi connectivity index (χ0v) is 11.5. The van der Waals surface area contributed by atoms with Crippen molar-refractivity contribution in [3.05, 3.63) is 29.3 Å². The number of hydrogen-bond acceptors (Lipinski definition) is 2. The Morgan fingerprint density at radius 1 is 1.44 bits per heavy atom. The minimum Gasteiger partial charge on any atom is -0.326 e. The van der Waals surface area contributed by atoms with E-state index in [0.717, 1.165) is 24.2 Å². The van der Waals surface area contributed by atoms with Crippen LogP contribution in [0.15, 0.2) is 18.2 Å². The maximum atomic E-state index is 12.0. The van der Waals surface area contributed by atoms with Gasteiger partial charge >= 0.3 is 0 Å². The summed E-state index contributed by atoms with van der Waals surface area (Å²) in [5, 5.41) is 3.03. The first-order valence-electron chi connectivity index (χ1n) is 6.64. The summed E-state index contributed by atoms with van der Waals surface area (Å²) in [6.45, 7) is 5.23. The second-order valence-corrected chi connectivity index (χ2v) is 5.28. The van der Waals surface area contributed by atoms with Crippen LogP contribution in [-0.2, 0) is 4.79 Å². The third-order valence-electron chi connectivity index (χ3n) is 3.97. The van der Waals surface area contributed by atoms with Gasteiger partial charge in [0.25, 0.3) is 0 Å². The van der Waals surface area contributed by atoms with Crippen LogP contribution >= 0.6 is 0 Å². The van der Waals surface area contributed by atoms with Gasteiger partial charge in [0.05, 0.1) is 0 Å². The number of carbonyl (C=O) groups excluding carboxylic acids is 1. The van der Waals surface area contributed by atoms with E-state index in [1.165, 1.54) is 12.0 Å². The highest BCUT2D eigenvalue weighted by molar-refractivity contribution is 5.92. The number of rotatable bonds is 3. The highest BCUT2D eigenvalue weighted by Gasteiger charge is 2.23. The number of aryl methyl sites for hydroxylation is 1. The zero-order valence-electron chi connectivity index (χ0n) is 11.5. The lowest BCUT2D eigenvalue weighted by molar-refractivity contribution is -0.117. The summed E-state index contributed by atoms with van der Waals surface area (Å²) in [5.41, 5.74) is 3.32. The number of amides is 1. The van der Waals surface area contributed by atoms with Crippen LogP contribution in [0.5, 0.6) is 0 Å². The van der Waals surface area contributed by atoms with Crippen molar-refractivity contribution in [3.63, 3.8) is 0 Å². The Bertz CT molecular complexity index is 442. The molecule has 0 spiro atoms. The van der Waals surface area contributed by atoms with Crippen LogP contribution in [0.2, 0.25) is 0 Å². The monoisotopic (exact) mass is 246 g/mol. The molecule has 0 bridgehead atoms. The van der Waals surface area contributed by atoms with Crippen molar-refractivity contribution in [1.29, 1.82) is 0 Å². The highest BCUT2D eigenvalue weighted by atomic mass is 16.1. The number of anilines is 1. The lowest BCUT2D eigenvalue weighted by atomic mass is 10.1. The van der Waals surface area contributed by atoms with Crippen LogP contribution < -0.4 is 5.32 Å². The van der Waals surface area contributed by atoms with Gasteiger partial charge in [-0.25, -0.2) is 0 Å². The van der Waals surface area contributed by atoms with Gasteiger partial charge in [-0.1, -0.05) is 12.1 Å². The molecule has 1 fully saturated rings. The molecule has 1 aromatic carbocycles. The van der Waals surface area contributed by atoms with Gasteiger partial charge in [-0.05, 0) is 57.5 Å². The number of nitrogens with one attached hydrogen (secondary N) is 1. The Labute approximate surface area is 109 Å². The Morgan fingerprint density at radius 2 is 2.22 bits per heavy atom. The van der Waals surface area contributed by atoms with Gasteiger partial charge < -0.3 is 10.2 Å². The first kappa shape index (κ1) is 13.1. The first-order valence-corrected chi connectivity index (χ1v) is 6.64.